The van der Waals surface area contributed by atoms with Gasteiger partial charge in [-0.2, -0.15) is 0 Å². The first kappa shape index (κ1) is 16.1. The molecule has 5 heteroatoms. The van der Waals surface area contributed by atoms with Crippen LogP contribution in [0.3, 0.4) is 0 Å². The van der Waals surface area contributed by atoms with Crippen molar-refractivity contribution >= 4 is 10.0 Å². The van der Waals surface area contributed by atoms with E-state index in [2.05, 4.69) is 36.0 Å². The molecule has 0 fully saturated rings. The van der Waals surface area contributed by atoms with Crippen LogP contribution in [0.2, 0.25) is 0 Å². The van der Waals surface area contributed by atoms with Crippen LogP contribution in [0, 0.1) is 5.92 Å². The van der Waals surface area contributed by atoms with E-state index in [1.54, 1.807) is 0 Å². The number of nitrogens with one attached hydrogen (secondary N) is 2. The molecule has 0 saturated heterocycles. The van der Waals surface area contributed by atoms with Gasteiger partial charge in [0.05, 0.1) is 6.26 Å². The Balaban J connectivity index is 2.40. The quantitative estimate of drug-likeness (QED) is 0.717. The van der Waals surface area contributed by atoms with Gasteiger partial charge < -0.3 is 5.32 Å². The minimum atomic E-state index is -3.07. The van der Waals surface area contributed by atoms with Crippen LogP contribution in [0.15, 0.2) is 30.3 Å². The topological polar surface area (TPSA) is 58.2 Å². The fraction of sp³-hybridized carbons (Fsp3) is 0.571. The lowest BCUT2D eigenvalue weighted by molar-refractivity contribution is 0.409. The molecule has 0 aromatic heterocycles. The van der Waals surface area contributed by atoms with Crippen LogP contribution in [0.25, 0.3) is 0 Å². The number of benzene rings is 1. The van der Waals surface area contributed by atoms with E-state index < -0.39 is 10.0 Å². The molecule has 1 unspecified atom stereocenters. The van der Waals surface area contributed by atoms with Gasteiger partial charge in [0, 0.05) is 12.6 Å². The highest BCUT2D eigenvalue weighted by Crippen LogP contribution is 2.20. The molecule has 0 aliphatic carbocycles. The van der Waals surface area contributed by atoms with Gasteiger partial charge in [-0.05, 0) is 24.4 Å². The summed E-state index contributed by atoms with van der Waals surface area (Å²) in [6.07, 6.45) is 1.96. The Labute approximate surface area is 116 Å². The second-order valence-corrected chi connectivity index (χ2v) is 6.94. The van der Waals surface area contributed by atoms with Crippen LogP contribution in [0.1, 0.15) is 31.9 Å². The van der Waals surface area contributed by atoms with E-state index in [0.717, 1.165) is 13.0 Å². The van der Waals surface area contributed by atoms with Gasteiger partial charge in [0.15, 0.2) is 0 Å². The summed E-state index contributed by atoms with van der Waals surface area (Å²) in [5.41, 5.74) is 1.27. The van der Waals surface area contributed by atoms with Gasteiger partial charge in [0.1, 0.15) is 0 Å². The molecule has 19 heavy (non-hydrogen) atoms. The van der Waals surface area contributed by atoms with Gasteiger partial charge in [0.2, 0.25) is 10.0 Å². The van der Waals surface area contributed by atoms with Crippen molar-refractivity contribution < 1.29 is 8.42 Å². The minimum Gasteiger partial charge on any atom is -0.310 e. The van der Waals surface area contributed by atoms with Gasteiger partial charge in [0.25, 0.3) is 0 Å². The average molecular weight is 284 g/mol. The lowest BCUT2D eigenvalue weighted by Gasteiger charge is -2.23. The average Bonchev–Trinajstić information content (AvgIpc) is 2.33. The Morgan fingerprint density at radius 1 is 1.11 bits per heavy atom. The molecule has 0 aliphatic heterocycles. The van der Waals surface area contributed by atoms with E-state index in [1.165, 1.54) is 11.8 Å². The third kappa shape index (κ3) is 6.71. The van der Waals surface area contributed by atoms with Crippen LogP contribution >= 0.6 is 0 Å². The van der Waals surface area contributed by atoms with Crippen molar-refractivity contribution in [1.29, 1.82) is 0 Å². The maximum atomic E-state index is 10.9. The molecular weight excluding hydrogens is 260 g/mol. The minimum absolute atomic E-state index is 0.305. The summed E-state index contributed by atoms with van der Waals surface area (Å²) in [4.78, 5) is 0. The Morgan fingerprint density at radius 2 is 1.74 bits per heavy atom. The van der Waals surface area contributed by atoms with E-state index in [4.69, 9.17) is 0 Å². The molecule has 1 atom stereocenters. The predicted molar refractivity (Wildman–Crippen MR) is 79.5 cm³/mol. The number of hydrogen-bond acceptors (Lipinski definition) is 3. The van der Waals surface area contributed by atoms with Crippen molar-refractivity contribution in [3.05, 3.63) is 35.9 Å². The molecule has 2 N–H and O–H groups in total. The molecule has 1 aromatic carbocycles. The van der Waals surface area contributed by atoms with Crippen LogP contribution in [0.5, 0.6) is 0 Å². The van der Waals surface area contributed by atoms with Gasteiger partial charge in [-0.25, -0.2) is 13.1 Å². The molecule has 108 valence electrons. The van der Waals surface area contributed by atoms with E-state index >= 15 is 0 Å². The van der Waals surface area contributed by atoms with Gasteiger partial charge in [-0.1, -0.05) is 44.2 Å². The van der Waals surface area contributed by atoms with Gasteiger partial charge >= 0.3 is 0 Å². The molecule has 0 saturated carbocycles. The van der Waals surface area contributed by atoms with Crippen LogP contribution < -0.4 is 10.0 Å². The van der Waals surface area contributed by atoms with Crippen LogP contribution in [0.4, 0.5) is 0 Å². The molecule has 0 spiro atoms. The molecule has 0 amide bonds. The standard InChI is InChI=1S/C14H24N2O2S/c1-12(2)14(13-8-5-4-6-9-13)15-10-7-11-16-19(3,17)18/h4-6,8-9,12,14-16H,7,10-11H2,1-3H3. The zero-order valence-corrected chi connectivity index (χ0v) is 12.7. The maximum Gasteiger partial charge on any atom is 0.208 e. The summed E-state index contributed by atoms with van der Waals surface area (Å²) in [6, 6.07) is 10.6. The van der Waals surface area contributed by atoms with E-state index in [0.29, 0.717) is 18.5 Å². The van der Waals surface area contributed by atoms with Crippen LogP contribution in [-0.4, -0.2) is 27.8 Å². The van der Waals surface area contributed by atoms with Crippen molar-refractivity contribution in [2.75, 3.05) is 19.3 Å². The van der Waals surface area contributed by atoms with Crippen molar-refractivity contribution in [1.82, 2.24) is 10.0 Å². The van der Waals surface area contributed by atoms with Crippen molar-refractivity contribution in [2.45, 2.75) is 26.3 Å². The van der Waals surface area contributed by atoms with E-state index in [1.807, 2.05) is 18.2 Å². The van der Waals surface area contributed by atoms with Crippen molar-refractivity contribution in [3.8, 4) is 0 Å². The molecule has 1 aromatic rings. The molecular formula is C14H24N2O2S. The third-order valence-electron chi connectivity index (χ3n) is 2.91. The smallest absolute Gasteiger partial charge is 0.208 e. The number of hydrogen-bond donors (Lipinski definition) is 2. The summed E-state index contributed by atoms with van der Waals surface area (Å²) < 4.78 is 24.3. The molecule has 0 heterocycles. The summed E-state index contributed by atoms with van der Waals surface area (Å²) in [7, 11) is -3.07. The Hall–Kier alpha value is -0.910. The first-order valence-corrected chi connectivity index (χ1v) is 8.52. The summed E-state index contributed by atoms with van der Waals surface area (Å²) >= 11 is 0. The summed E-state index contributed by atoms with van der Waals surface area (Å²) in [5, 5.41) is 3.49. The SMILES string of the molecule is CC(C)C(NCCCNS(C)(=O)=O)c1ccccc1. The van der Waals surface area contributed by atoms with E-state index in [-0.39, 0.29) is 0 Å². The lowest BCUT2D eigenvalue weighted by Crippen LogP contribution is -2.30. The van der Waals surface area contributed by atoms with Crippen molar-refractivity contribution in [2.24, 2.45) is 5.92 Å². The Bertz CT molecular complexity index is 458. The van der Waals surface area contributed by atoms with Gasteiger partial charge in [-0.15, -0.1) is 0 Å². The lowest BCUT2D eigenvalue weighted by atomic mass is 9.96. The normalized spacial score (nSPS) is 13.7. The third-order valence-corrected chi connectivity index (χ3v) is 3.64. The second-order valence-electron chi connectivity index (χ2n) is 5.11. The molecule has 4 nitrogen and oxygen atoms in total. The molecule has 0 bridgehead atoms. The van der Waals surface area contributed by atoms with Crippen molar-refractivity contribution in [3.63, 3.8) is 0 Å². The molecule has 0 aliphatic rings. The van der Waals surface area contributed by atoms with Crippen LogP contribution in [-0.2, 0) is 10.0 Å². The highest BCUT2D eigenvalue weighted by atomic mass is 32.2. The fourth-order valence-electron chi connectivity index (χ4n) is 2.00. The van der Waals surface area contributed by atoms with Gasteiger partial charge in [-0.3, -0.25) is 0 Å². The first-order chi connectivity index (χ1) is 8.90. The highest BCUT2D eigenvalue weighted by Gasteiger charge is 2.14. The Kier molecular flexibility index (Phi) is 6.48. The zero-order chi connectivity index (χ0) is 14.3. The molecule has 1 rings (SSSR count). The van der Waals surface area contributed by atoms with E-state index in [9.17, 15) is 8.42 Å². The fourth-order valence-corrected chi connectivity index (χ4v) is 2.52. The first-order valence-electron chi connectivity index (χ1n) is 6.63. The summed E-state index contributed by atoms with van der Waals surface area (Å²) in [5.74, 6) is 0.491. The highest BCUT2D eigenvalue weighted by molar-refractivity contribution is 7.88. The maximum absolute atomic E-state index is 10.9. The molecule has 0 radical (unpaired) electrons. The largest absolute Gasteiger partial charge is 0.310 e. The monoisotopic (exact) mass is 284 g/mol. The summed E-state index contributed by atoms with van der Waals surface area (Å²) in [6.45, 7) is 5.63. The predicted octanol–water partition coefficient (Wildman–Crippen LogP) is 1.91. The number of sulfonamides is 1. The number of rotatable bonds is 8. The zero-order valence-electron chi connectivity index (χ0n) is 11.9. The Morgan fingerprint density at radius 3 is 2.26 bits per heavy atom. The second kappa shape index (κ2) is 7.62.